The van der Waals surface area contributed by atoms with Crippen LogP contribution in [0.5, 0.6) is 0 Å². The molecule has 1 aliphatic heterocycles. The van der Waals surface area contributed by atoms with Gasteiger partial charge in [0.25, 0.3) is 0 Å². The molecule has 0 saturated carbocycles. The van der Waals surface area contributed by atoms with Crippen molar-refractivity contribution in [1.82, 2.24) is 4.90 Å². The first kappa shape index (κ1) is 11.4. The van der Waals surface area contributed by atoms with E-state index in [-0.39, 0.29) is 5.41 Å². The van der Waals surface area contributed by atoms with Crippen molar-refractivity contribution in [2.24, 2.45) is 0 Å². The Morgan fingerprint density at radius 1 is 1.38 bits per heavy atom. The van der Waals surface area contributed by atoms with Crippen molar-refractivity contribution in [3.8, 4) is 0 Å². The summed E-state index contributed by atoms with van der Waals surface area (Å²) in [6.45, 7) is 7.44. The van der Waals surface area contributed by atoms with Gasteiger partial charge in [-0.3, -0.25) is 4.90 Å². The molecule has 0 spiro atoms. The summed E-state index contributed by atoms with van der Waals surface area (Å²) >= 11 is 0. The van der Waals surface area contributed by atoms with E-state index in [2.05, 4.69) is 32.2 Å². The van der Waals surface area contributed by atoms with E-state index in [1.807, 2.05) is 24.1 Å². The van der Waals surface area contributed by atoms with Gasteiger partial charge in [-0.05, 0) is 29.7 Å². The Hall–Kier alpha value is -1.06. The smallest absolute Gasteiger partial charge is 0.184 e. The molecule has 1 atom stereocenters. The van der Waals surface area contributed by atoms with Gasteiger partial charge in [-0.1, -0.05) is 32.9 Å². The van der Waals surface area contributed by atoms with E-state index < -0.39 is 6.35 Å². The maximum atomic E-state index is 9.73. The number of hydrogen-bond acceptors (Lipinski definition) is 3. The highest BCUT2D eigenvalue weighted by molar-refractivity contribution is 5.57. The number of rotatable bonds is 0. The van der Waals surface area contributed by atoms with Gasteiger partial charge in [-0.2, -0.15) is 0 Å². The maximum absolute atomic E-state index is 9.73. The lowest BCUT2D eigenvalue weighted by atomic mass is 9.82. The molecule has 0 fully saturated rings. The number of aliphatic hydroxyl groups excluding tert-OH is 1. The summed E-state index contributed by atoms with van der Waals surface area (Å²) in [6.07, 6.45) is -0.581. The fraction of sp³-hybridized carbons (Fsp3) is 0.538. The summed E-state index contributed by atoms with van der Waals surface area (Å²) in [5, 5.41) is 12.8. The average molecular weight is 220 g/mol. The highest BCUT2D eigenvalue weighted by Gasteiger charge is 2.26. The molecule has 88 valence electrons. The van der Waals surface area contributed by atoms with E-state index in [0.29, 0.717) is 0 Å². The zero-order valence-corrected chi connectivity index (χ0v) is 10.4. The molecule has 0 aliphatic carbocycles. The zero-order valence-electron chi connectivity index (χ0n) is 10.4. The number of hydrogen-bond donors (Lipinski definition) is 2. The number of benzene rings is 1. The van der Waals surface area contributed by atoms with Crippen molar-refractivity contribution in [2.75, 3.05) is 12.4 Å². The predicted octanol–water partition coefficient (Wildman–Crippen LogP) is 2.12. The van der Waals surface area contributed by atoms with Crippen LogP contribution in [0, 0.1) is 0 Å². The maximum Gasteiger partial charge on any atom is 0.184 e. The Morgan fingerprint density at radius 3 is 2.69 bits per heavy atom. The van der Waals surface area contributed by atoms with Crippen molar-refractivity contribution in [3.63, 3.8) is 0 Å². The van der Waals surface area contributed by atoms with Gasteiger partial charge in [0.2, 0.25) is 0 Å². The molecule has 1 aliphatic rings. The molecule has 2 N–H and O–H groups in total. The number of nitrogens with zero attached hydrogens (tertiary/aromatic N) is 1. The van der Waals surface area contributed by atoms with Gasteiger partial charge in [0.15, 0.2) is 6.35 Å². The lowest BCUT2D eigenvalue weighted by molar-refractivity contribution is 0.0344. The van der Waals surface area contributed by atoms with Crippen molar-refractivity contribution >= 4 is 5.69 Å². The van der Waals surface area contributed by atoms with Gasteiger partial charge in [0.1, 0.15) is 0 Å². The van der Waals surface area contributed by atoms with Gasteiger partial charge in [-0.25, -0.2) is 0 Å². The van der Waals surface area contributed by atoms with Gasteiger partial charge >= 0.3 is 0 Å². The quantitative estimate of drug-likeness (QED) is 0.703. The molecule has 3 heteroatoms. The van der Waals surface area contributed by atoms with Gasteiger partial charge in [0.05, 0.1) is 0 Å². The SMILES string of the molecule is CN1Cc2c(cccc2C(C)(C)C)NC1O. The first-order valence-corrected chi connectivity index (χ1v) is 5.67. The monoisotopic (exact) mass is 220 g/mol. The minimum absolute atomic E-state index is 0.135. The van der Waals surface area contributed by atoms with Crippen LogP contribution in [0.4, 0.5) is 5.69 Å². The molecule has 1 aromatic rings. The molecular weight excluding hydrogens is 200 g/mol. The second kappa shape index (κ2) is 3.75. The van der Waals surface area contributed by atoms with E-state index >= 15 is 0 Å². The third kappa shape index (κ3) is 1.93. The third-order valence-electron chi connectivity index (χ3n) is 3.09. The Balaban J connectivity index is 2.48. The van der Waals surface area contributed by atoms with Gasteiger partial charge in [-0.15, -0.1) is 0 Å². The van der Waals surface area contributed by atoms with Crippen LogP contribution in [0.25, 0.3) is 0 Å². The standard InChI is InChI=1S/C13H20N2O/c1-13(2,3)10-6-5-7-11-9(10)8-15(4)12(16)14-11/h5-7,12,14,16H,8H2,1-4H3. The van der Waals surface area contributed by atoms with E-state index in [0.717, 1.165) is 12.2 Å². The van der Waals surface area contributed by atoms with Crippen LogP contribution >= 0.6 is 0 Å². The fourth-order valence-corrected chi connectivity index (χ4v) is 2.18. The Labute approximate surface area is 97.1 Å². The van der Waals surface area contributed by atoms with Crippen LogP contribution in [0.3, 0.4) is 0 Å². The Morgan fingerprint density at radius 2 is 2.06 bits per heavy atom. The van der Waals surface area contributed by atoms with Crippen LogP contribution in [0.1, 0.15) is 31.9 Å². The van der Waals surface area contributed by atoms with Crippen LogP contribution in [0.2, 0.25) is 0 Å². The van der Waals surface area contributed by atoms with E-state index in [4.69, 9.17) is 0 Å². The largest absolute Gasteiger partial charge is 0.361 e. The minimum atomic E-state index is -0.581. The molecule has 1 heterocycles. The predicted molar refractivity (Wildman–Crippen MR) is 66.2 cm³/mol. The Bertz CT molecular complexity index is 395. The van der Waals surface area contributed by atoms with E-state index in [1.54, 1.807) is 0 Å². The summed E-state index contributed by atoms with van der Waals surface area (Å²) in [4.78, 5) is 1.90. The summed E-state index contributed by atoms with van der Waals surface area (Å²) in [5.41, 5.74) is 3.83. The summed E-state index contributed by atoms with van der Waals surface area (Å²) in [7, 11) is 1.92. The number of fused-ring (bicyclic) bond motifs is 1. The van der Waals surface area contributed by atoms with Gasteiger partial charge < -0.3 is 10.4 Å². The van der Waals surface area contributed by atoms with E-state index in [1.165, 1.54) is 11.1 Å². The average Bonchev–Trinajstić information content (AvgIpc) is 2.17. The molecular formula is C13H20N2O. The highest BCUT2D eigenvalue weighted by Crippen LogP contribution is 2.33. The molecule has 0 radical (unpaired) electrons. The molecule has 2 rings (SSSR count). The van der Waals surface area contributed by atoms with Crippen LogP contribution < -0.4 is 5.32 Å². The van der Waals surface area contributed by atoms with E-state index in [9.17, 15) is 5.11 Å². The normalized spacial score (nSPS) is 21.4. The van der Waals surface area contributed by atoms with Crippen molar-refractivity contribution < 1.29 is 5.11 Å². The second-order valence-corrected chi connectivity index (χ2v) is 5.51. The Kier molecular flexibility index (Phi) is 2.68. The third-order valence-corrected chi connectivity index (χ3v) is 3.09. The number of nitrogens with one attached hydrogen (secondary N) is 1. The molecule has 0 bridgehead atoms. The molecule has 16 heavy (non-hydrogen) atoms. The van der Waals surface area contributed by atoms with Crippen LogP contribution in [-0.4, -0.2) is 23.4 Å². The lowest BCUT2D eigenvalue weighted by Crippen LogP contribution is -2.42. The first-order valence-electron chi connectivity index (χ1n) is 5.67. The molecule has 0 aromatic heterocycles. The zero-order chi connectivity index (χ0) is 11.9. The highest BCUT2D eigenvalue weighted by atomic mass is 16.3. The van der Waals surface area contributed by atoms with Crippen LogP contribution in [-0.2, 0) is 12.0 Å². The molecule has 1 aromatic carbocycles. The lowest BCUT2D eigenvalue weighted by Gasteiger charge is -2.35. The van der Waals surface area contributed by atoms with Crippen molar-refractivity contribution in [3.05, 3.63) is 29.3 Å². The summed E-state index contributed by atoms with van der Waals surface area (Å²) in [6, 6.07) is 6.25. The van der Waals surface area contributed by atoms with Crippen LogP contribution in [0.15, 0.2) is 18.2 Å². The van der Waals surface area contributed by atoms with Gasteiger partial charge in [0, 0.05) is 12.2 Å². The fourth-order valence-electron chi connectivity index (χ4n) is 2.18. The topological polar surface area (TPSA) is 35.5 Å². The minimum Gasteiger partial charge on any atom is -0.361 e. The summed E-state index contributed by atoms with van der Waals surface area (Å²) < 4.78 is 0. The molecule has 0 amide bonds. The number of anilines is 1. The molecule has 1 unspecified atom stereocenters. The number of aliphatic hydroxyl groups is 1. The summed E-state index contributed by atoms with van der Waals surface area (Å²) in [5.74, 6) is 0. The first-order chi connectivity index (χ1) is 7.39. The van der Waals surface area contributed by atoms with Crippen molar-refractivity contribution in [1.29, 1.82) is 0 Å². The molecule has 3 nitrogen and oxygen atoms in total. The van der Waals surface area contributed by atoms with Crippen molar-refractivity contribution in [2.45, 2.75) is 39.1 Å². The molecule has 0 saturated heterocycles. The second-order valence-electron chi connectivity index (χ2n) is 5.51.